The highest BCUT2D eigenvalue weighted by molar-refractivity contribution is 5.94. The highest BCUT2D eigenvalue weighted by Gasteiger charge is 2.32. The van der Waals surface area contributed by atoms with Crippen molar-refractivity contribution in [2.75, 3.05) is 37.7 Å². The van der Waals surface area contributed by atoms with E-state index in [1.54, 1.807) is 17.3 Å². The zero-order valence-electron chi connectivity index (χ0n) is 15.0. The van der Waals surface area contributed by atoms with Gasteiger partial charge in [-0.3, -0.25) is 9.78 Å². The molecule has 4 heterocycles. The number of carbonyl (C=O) groups is 1. The van der Waals surface area contributed by atoms with Gasteiger partial charge in [0.2, 0.25) is 0 Å². The number of pyridine rings is 1. The van der Waals surface area contributed by atoms with Crippen molar-refractivity contribution >= 4 is 11.7 Å². The first-order valence-electron chi connectivity index (χ1n) is 9.11. The topological polar surface area (TPSA) is 71.5 Å². The van der Waals surface area contributed by atoms with Crippen molar-refractivity contribution < 1.29 is 9.53 Å². The van der Waals surface area contributed by atoms with Gasteiger partial charge in [0.05, 0.1) is 18.8 Å². The highest BCUT2D eigenvalue weighted by Crippen LogP contribution is 2.26. The molecule has 0 saturated carbocycles. The van der Waals surface area contributed by atoms with Crippen LogP contribution in [0.1, 0.15) is 40.8 Å². The average Bonchev–Trinajstić information content (AvgIpc) is 3.23. The van der Waals surface area contributed by atoms with Gasteiger partial charge in [0.1, 0.15) is 11.9 Å². The Kier molecular flexibility index (Phi) is 4.79. The fraction of sp³-hybridized carbons (Fsp3) is 0.474. The normalized spacial score (nSPS) is 20.4. The molecule has 1 atom stereocenters. The van der Waals surface area contributed by atoms with Gasteiger partial charge in [-0.2, -0.15) is 0 Å². The minimum Gasteiger partial charge on any atom is -0.377 e. The molecule has 0 bridgehead atoms. The molecule has 0 radical (unpaired) electrons. The molecule has 1 unspecified atom stereocenters. The molecule has 2 aliphatic heterocycles. The molecule has 136 valence electrons. The van der Waals surface area contributed by atoms with E-state index in [9.17, 15) is 4.79 Å². The van der Waals surface area contributed by atoms with Crippen LogP contribution in [0.5, 0.6) is 0 Å². The van der Waals surface area contributed by atoms with E-state index in [0.717, 1.165) is 24.6 Å². The van der Waals surface area contributed by atoms with Gasteiger partial charge in [-0.1, -0.05) is 0 Å². The number of morpholine rings is 1. The lowest BCUT2D eigenvalue weighted by Gasteiger charge is -2.34. The number of amides is 1. The number of nitrogens with zero attached hydrogens (tertiary/aromatic N) is 5. The number of carbonyl (C=O) groups excluding carboxylic acids is 1. The summed E-state index contributed by atoms with van der Waals surface area (Å²) in [5, 5.41) is 0. The third-order valence-electron chi connectivity index (χ3n) is 4.94. The van der Waals surface area contributed by atoms with Gasteiger partial charge in [0.25, 0.3) is 5.91 Å². The second kappa shape index (κ2) is 7.37. The van der Waals surface area contributed by atoms with Crippen LogP contribution in [0.2, 0.25) is 0 Å². The van der Waals surface area contributed by atoms with Crippen LogP contribution in [0.15, 0.2) is 30.6 Å². The maximum atomic E-state index is 13.0. The van der Waals surface area contributed by atoms with E-state index in [4.69, 9.17) is 9.72 Å². The quantitative estimate of drug-likeness (QED) is 0.840. The molecule has 1 amide bonds. The first-order valence-corrected chi connectivity index (χ1v) is 9.11. The van der Waals surface area contributed by atoms with Crippen LogP contribution < -0.4 is 4.90 Å². The number of aryl methyl sites for hydroxylation is 1. The first-order chi connectivity index (χ1) is 12.7. The minimum atomic E-state index is -0.278. The Morgan fingerprint density at radius 2 is 2.00 bits per heavy atom. The number of hydrogen-bond acceptors (Lipinski definition) is 6. The van der Waals surface area contributed by atoms with Crippen LogP contribution in [0, 0.1) is 6.92 Å². The summed E-state index contributed by atoms with van der Waals surface area (Å²) in [5.74, 6) is 1.52. The summed E-state index contributed by atoms with van der Waals surface area (Å²) in [6.45, 7) is 5.41. The SMILES string of the molecule is Cc1ccc(C(=O)N2CCOCC2c2nccc(N3CCCC3)n2)cn1. The molecule has 2 fully saturated rings. The van der Waals surface area contributed by atoms with Crippen LogP contribution in [-0.2, 0) is 4.74 Å². The molecule has 0 spiro atoms. The Morgan fingerprint density at radius 3 is 2.77 bits per heavy atom. The molecule has 2 aromatic rings. The Bertz CT molecular complexity index is 774. The lowest BCUT2D eigenvalue weighted by Crippen LogP contribution is -2.44. The molecule has 0 aromatic carbocycles. The van der Waals surface area contributed by atoms with Gasteiger partial charge in [0, 0.05) is 37.7 Å². The van der Waals surface area contributed by atoms with Gasteiger partial charge in [-0.25, -0.2) is 9.97 Å². The van der Waals surface area contributed by atoms with Crippen molar-refractivity contribution in [3.63, 3.8) is 0 Å². The Labute approximate surface area is 153 Å². The molecule has 7 heteroatoms. The van der Waals surface area contributed by atoms with Crippen molar-refractivity contribution in [3.8, 4) is 0 Å². The van der Waals surface area contributed by atoms with Gasteiger partial charge < -0.3 is 14.5 Å². The maximum absolute atomic E-state index is 13.0. The molecular weight excluding hydrogens is 330 g/mol. The monoisotopic (exact) mass is 353 g/mol. The Balaban J connectivity index is 1.60. The summed E-state index contributed by atoms with van der Waals surface area (Å²) in [7, 11) is 0. The van der Waals surface area contributed by atoms with Crippen molar-refractivity contribution in [2.24, 2.45) is 0 Å². The molecular formula is C19H23N5O2. The first kappa shape index (κ1) is 16.9. The number of anilines is 1. The smallest absolute Gasteiger partial charge is 0.256 e. The molecule has 7 nitrogen and oxygen atoms in total. The lowest BCUT2D eigenvalue weighted by molar-refractivity contribution is -0.00522. The molecule has 4 rings (SSSR count). The second-order valence-electron chi connectivity index (χ2n) is 6.74. The second-order valence-corrected chi connectivity index (χ2v) is 6.74. The maximum Gasteiger partial charge on any atom is 0.256 e. The summed E-state index contributed by atoms with van der Waals surface area (Å²) in [6.07, 6.45) is 5.79. The fourth-order valence-electron chi connectivity index (χ4n) is 3.47. The van der Waals surface area contributed by atoms with Crippen LogP contribution in [0.4, 0.5) is 5.82 Å². The molecule has 0 aliphatic carbocycles. The summed E-state index contributed by atoms with van der Waals surface area (Å²) in [6, 6.07) is 5.33. The standard InChI is InChI=1S/C19H23N5O2/c1-14-4-5-15(12-21-14)19(25)24-10-11-26-13-16(24)18-20-7-6-17(22-18)23-8-2-3-9-23/h4-7,12,16H,2-3,8-11,13H2,1H3. The third-order valence-corrected chi connectivity index (χ3v) is 4.94. The van der Waals surface area contributed by atoms with Gasteiger partial charge in [0.15, 0.2) is 5.82 Å². The zero-order chi connectivity index (χ0) is 17.9. The van der Waals surface area contributed by atoms with Gasteiger partial charge >= 0.3 is 0 Å². The van der Waals surface area contributed by atoms with Crippen molar-refractivity contribution in [1.82, 2.24) is 19.9 Å². The average molecular weight is 353 g/mol. The van der Waals surface area contributed by atoms with Gasteiger partial charge in [-0.15, -0.1) is 0 Å². The van der Waals surface area contributed by atoms with Crippen molar-refractivity contribution in [2.45, 2.75) is 25.8 Å². The largest absolute Gasteiger partial charge is 0.377 e. The van der Waals surface area contributed by atoms with E-state index in [1.165, 1.54) is 12.8 Å². The van der Waals surface area contributed by atoms with Crippen molar-refractivity contribution in [1.29, 1.82) is 0 Å². The zero-order valence-corrected chi connectivity index (χ0v) is 15.0. The molecule has 26 heavy (non-hydrogen) atoms. The fourth-order valence-corrected chi connectivity index (χ4v) is 3.47. The third kappa shape index (κ3) is 3.39. The molecule has 2 aromatic heterocycles. The summed E-state index contributed by atoms with van der Waals surface area (Å²) >= 11 is 0. The van der Waals surface area contributed by atoms with Crippen LogP contribution in [0.3, 0.4) is 0 Å². The van der Waals surface area contributed by atoms with Gasteiger partial charge in [-0.05, 0) is 38.0 Å². The number of rotatable bonds is 3. The minimum absolute atomic E-state index is 0.0547. The van der Waals surface area contributed by atoms with E-state index < -0.39 is 0 Å². The number of aromatic nitrogens is 3. The lowest BCUT2D eigenvalue weighted by atomic mass is 10.1. The van der Waals surface area contributed by atoms with Crippen LogP contribution >= 0.6 is 0 Å². The van der Waals surface area contributed by atoms with Crippen LogP contribution in [0.25, 0.3) is 0 Å². The summed E-state index contributed by atoms with van der Waals surface area (Å²) < 4.78 is 5.63. The highest BCUT2D eigenvalue weighted by atomic mass is 16.5. The van der Waals surface area contributed by atoms with E-state index in [0.29, 0.717) is 31.1 Å². The van der Waals surface area contributed by atoms with E-state index >= 15 is 0 Å². The Hall–Kier alpha value is -2.54. The summed E-state index contributed by atoms with van der Waals surface area (Å²) in [4.78, 5) is 30.5. The molecule has 2 saturated heterocycles. The van der Waals surface area contributed by atoms with E-state index in [2.05, 4.69) is 14.9 Å². The summed E-state index contributed by atoms with van der Waals surface area (Å²) in [5.41, 5.74) is 1.47. The predicted molar refractivity (Wildman–Crippen MR) is 97.0 cm³/mol. The van der Waals surface area contributed by atoms with E-state index in [-0.39, 0.29) is 11.9 Å². The molecule has 0 N–H and O–H groups in total. The van der Waals surface area contributed by atoms with Crippen LogP contribution in [-0.4, -0.2) is 58.6 Å². The number of hydrogen-bond donors (Lipinski definition) is 0. The number of ether oxygens (including phenoxy) is 1. The van der Waals surface area contributed by atoms with Crippen molar-refractivity contribution in [3.05, 3.63) is 47.7 Å². The van der Waals surface area contributed by atoms with E-state index in [1.807, 2.05) is 25.1 Å². The predicted octanol–water partition coefficient (Wildman–Crippen LogP) is 1.99. The Morgan fingerprint density at radius 1 is 1.15 bits per heavy atom. The molecule has 2 aliphatic rings.